The predicted molar refractivity (Wildman–Crippen MR) is 94.6 cm³/mol. The Bertz CT molecular complexity index is 759. The predicted octanol–water partition coefficient (Wildman–Crippen LogP) is 2.97. The van der Waals surface area contributed by atoms with Gasteiger partial charge in [-0.05, 0) is 44.0 Å². The van der Waals surface area contributed by atoms with Gasteiger partial charge in [0.1, 0.15) is 5.75 Å². The number of anilines is 1. The summed E-state index contributed by atoms with van der Waals surface area (Å²) in [5.41, 5.74) is 2.03. The summed E-state index contributed by atoms with van der Waals surface area (Å²) in [5, 5.41) is 0. The van der Waals surface area contributed by atoms with Crippen molar-refractivity contribution in [3.05, 3.63) is 60.2 Å². The van der Waals surface area contributed by atoms with Crippen LogP contribution in [0.2, 0.25) is 0 Å². The van der Waals surface area contributed by atoms with Crippen LogP contribution >= 0.6 is 0 Å². The van der Waals surface area contributed by atoms with Gasteiger partial charge in [0.2, 0.25) is 0 Å². The lowest BCUT2D eigenvalue weighted by molar-refractivity contribution is -0.155. The smallest absolute Gasteiger partial charge is 0.344 e. The van der Waals surface area contributed by atoms with Crippen molar-refractivity contribution in [1.82, 2.24) is 0 Å². The maximum atomic E-state index is 12.7. The molecule has 1 aliphatic heterocycles. The van der Waals surface area contributed by atoms with Crippen LogP contribution in [-0.2, 0) is 20.7 Å². The summed E-state index contributed by atoms with van der Waals surface area (Å²) in [6.07, 6.45) is -0.0554. The summed E-state index contributed by atoms with van der Waals surface area (Å²) in [6.45, 7) is 3.36. The number of fused-ring (bicyclic) bond motifs is 1. The minimum atomic E-state index is -0.861. The Morgan fingerprint density at radius 3 is 2.56 bits per heavy atom. The van der Waals surface area contributed by atoms with Crippen molar-refractivity contribution in [2.75, 3.05) is 11.5 Å². The second kappa shape index (κ2) is 7.38. The monoisotopic (exact) mass is 339 g/mol. The van der Waals surface area contributed by atoms with E-state index in [1.165, 1.54) is 0 Å². The number of rotatable bonds is 5. The minimum Gasteiger partial charge on any atom is -0.482 e. The fourth-order valence-corrected chi connectivity index (χ4v) is 3.04. The normalized spacial score (nSPS) is 16.9. The number of hydrogen-bond donors (Lipinski definition) is 0. The highest BCUT2D eigenvalue weighted by molar-refractivity contribution is 5.99. The van der Waals surface area contributed by atoms with E-state index in [1.54, 1.807) is 24.0 Å². The van der Waals surface area contributed by atoms with E-state index in [0.29, 0.717) is 5.75 Å². The molecule has 0 N–H and O–H groups in total. The van der Waals surface area contributed by atoms with Crippen molar-refractivity contribution < 1.29 is 19.1 Å². The van der Waals surface area contributed by atoms with Gasteiger partial charge in [0.25, 0.3) is 5.91 Å². The third-order valence-electron chi connectivity index (χ3n) is 4.20. The lowest BCUT2D eigenvalue weighted by atomic mass is 10.1. The van der Waals surface area contributed by atoms with E-state index in [0.717, 1.165) is 17.7 Å². The third kappa shape index (κ3) is 3.82. The summed E-state index contributed by atoms with van der Waals surface area (Å²) in [7, 11) is 0. The molecule has 1 amide bonds. The highest BCUT2D eigenvalue weighted by Crippen LogP contribution is 2.32. The second-order valence-electron chi connectivity index (χ2n) is 6.12. The summed E-state index contributed by atoms with van der Waals surface area (Å²) in [5.74, 6) is -0.198. The fourth-order valence-electron chi connectivity index (χ4n) is 3.04. The summed E-state index contributed by atoms with van der Waals surface area (Å²) < 4.78 is 10.6. The van der Waals surface area contributed by atoms with E-state index >= 15 is 0 Å². The summed E-state index contributed by atoms with van der Waals surface area (Å²) in [4.78, 5) is 26.4. The molecule has 130 valence electrons. The molecule has 0 bridgehead atoms. The van der Waals surface area contributed by atoms with Crippen molar-refractivity contribution in [3.8, 4) is 5.75 Å². The van der Waals surface area contributed by atoms with Crippen LogP contribution in [0.5, 0.6) is 5.75 Å². The molecule has 0 aromatic heterocycles. The number of nitrogens with zero attached hydrogens (tertiary/aromatic N) is 1. The third-order valence-corrected chi connectivity index (χ3v) is 4.20. The van der Waals surface area contributed by atoms with E-state index in [9.17, 15) is 9.59 Å². The second-order valence-corrected chi connectivity index (χ2v) is 6.12. The zero-order valence-electron chi connectivity index (χ0n) is 14.3. The van der Waals surface area contributed by atoms with Crippen molar-refractivity contribution in [2.45, 2.75) is 32.4 Å². The number of esters is 1. The lowest BCUT2D eigenvalue weighted by Crippen LogP contribution is -2.43. The Labute approximate surface area is 147 Å². The molecule has 5 nitrogen and oxygen atoms in total. The number of carbonyl (C=O) groups is 2. The number of para-hydroxylation sites is 2. The molecule has 2 aromatic carbocycles. The van der Waals surface area contributed by atoms with Gasteiger partial charge in [0.15, 0.2) is 12.7 Å². The standard InChI is InChI=1S/C20H21NO4/c1-14-12-16-8-6-7-11-18(16)21(14)20(23)15(2)25-19(22)13-24-17-9-4-3-5-10-17/h3-11,14-15H,12-13H2,1-2H3/t14-,15+/m1/s1. The highest BCUT2D eigenvalue weighted by atomic mass is 16.6. The Kier molecular flexibility index (Phi) is 5.03. The highest BCUT2D eigenvalue weighted by Gasteiger charge is 2.34. The first-order valence-electron chi connectivity index (χ1n) is 8.34. The SMILES string of the molecule is C[C@H](OC(=O)COc1ccccc1)C(=O)N1c2ccccc2C[C@H]1C. The minimum absolute atomic E-state index is 0.0478. The van der Waals surface area contributed by atoms with Gasteiger partial charge < -0.3 is 14.4 Å². The first-order chi connectivity index (χ1) is 12.1. The van der Waals surface area contributed by atoms with Crippen molar-refractivity contribution in [3.63, 3.8) is 0 Å². The van der Waals surface area contributed by atoms with Crippen LogP contribution in [0, 0.1) is 0 Å². The molecule has 1 aliphatic rings. The van der Waals surface area contributed by atoms with Gasteiger partial charge in [-0.15, -0.1) is 0 Å². The van der Waals surface area contributed by atoms with Gasteiger partial charge >= 0.3 is 5.97 Å². The largest absolute Gasteiger partial charge is 0.482 e. The molecule has 5 heteroatoms. The van der Waals surface area contributed by atoms with Gasteiger partial charge in [0.05, 0.1) is 0 Å². The average molecular weight is 339 g/mol. The number of ether oxygens (including phenoxy) is 2. The zero-order chi connectivity index (χ0) is 17.8. The number of carbonyl (C=O) groups excluding carboxylic acids is 2. The molecular weight excluding hydrogens is 318 g/mol. The van der Waals surface area contributed by atoms with Crippen LogP contribution in [0.15, 0.2) is 54.6 Å². The van der Waals surface area contributed by atoms with Crippen LogP contribution in [0.4, 0.5) is 5.69 Å². The van der Waals surface area contributed by atoms with E-state index in [-0.39, 0.29) is 18.6 Å². The summed E-state index contributed by atoms with van der Waals surface area (Å²) >= 11 is 0. The molecule has 0 saturated carbocycles. The van der Waals surface area contributed by atoms with Gasteiger partial charge in [-0.1, -0.05) is 36.4 Å². The van der Waals surface area contributed by atoms with Crippen LogP contribution in [0.1, 0.15) is 19.4 Å². The van der Waals surface area contributed by atoms with Crippen molar-refractivity contribution in [1.29, 1.82) is 0 Å². The summed E-state index contributed by atoms with van der Waals surface area (Å²) in [6, 6.07) is 16.9. The van der Waals surface area contributed by atoms with Gasteiger partial charge in [0, 0.05) is 11.7 Å². The molecule has 2 aromatic rings. The number of amides is 1. The van der Waals surface area contributed by atoms with Crippen LogP contribution in [0.25, 0.3) is 0 Å². The molecule has 0 spiro atoms. The molecular formula is C20H21NO4. The van der Waals surface area contributed by atoms with Gasteiger partial charge in [-0.25, -0.2) is 4.79 Å². The molecule has 0 aliphatic carbocycles. The lowest BCUT2D eigenvalue weighted by Gasteiger charge is -2.25. The average Bonchev–Trinajstić information content (AvgIpc) is 2.96. The maximum absolute atomic E-state index is 12.7. The number of benzene rings is 2. The molecule has 0 saturated heterocycles. The molecule has 2 atom stereocenters. The van der Waals surface area contributed by atoms with Crippen LogP contribution in [-0.4, -0.2) is 30.6 Å². The molecule has 0 unspecified atom stereocenters. The van der Waals surface area contributed by atoms with E-state index in [2.05, 4.69) is 0 Å². The Morgan fingerprint density at radius 1 is 1.12 bits per heavy atom. The van der Waals surface area contributed by atoms with E-state index < -0.39 is 12.1 Å². The van der Waals surface area contributed by atoms with Gasteiger partial charge in [-0.3, -0.25) is 4.79 Å². The number of hydrogen-bond acceptors (Lipinski definition) is 4. The first kappa shape index (κ1) is 17.0. The fraction of sp³-hybridized carbons (Fsp3) is 0.300. The van der Waals surface area contributed by atoms with Crippen LogP contribution in [0.3, 0.4) is 0 Å². The van der Waals surface area contributed by atoms with Crippen molar-refractivity contribution in [2.24, 2.45) is 0 Å². The van der Waals surface area contributed by atoms with E-state index in [4.69, 9.17) is 9.47 Å². The van der Waals surface area contributed by atoms with Crippen LogP contribution < -0.4 is 9.64 Å². The molecule has 0 fully saturated rings. The molecule has 3 rings (SSSR count). The molecule has 0 radical (unpaired) electrons. The quantitative estimate of drug-likeness (QED) is 0.786. The zero-order valence-corrected chi connectivity index (χ0v) is 14.3. The molecule has 25 heavy (non-hydrogen) atoms. The maximum Gasteiger partial charge on any atom is 0.344 e. The van der Waals surface area contributed by atoms with E-state index in [1.807, 2.05) is 49.4 Å². The molecule has 1 heterocycles. The Morgan fingerprint density at radius 2 is 1.80 bits per heavy atom. The van der Waals surface area contributed by atoms with Gasteiger partial charge in [-0.2, -0.15) is 0 Å². The topological polar surface area (TPSA) is 55.8 Å². The first-order valence-corrected chi connectivity index (χ1v) is 8.34. The van der Waals surface area contributed by atoms with Crippen molar-refractivity contribution >= 4 is 17.6 Å². The Hall–Kier alpha value is -2.82. The Balaban J connectivity index is 1.58.